The fraction of sp³-hybridized carbons (Fsp3) is 0.111. The molecule has 0 aliphatic heterocycles. The van der Waals surface area contributed by atoms with Gasteiger partial charge in [0.15, 0.2) is 11.6 Å². The Morgan fingerprint density at radius 2 is 1.87 bits per heavy atom. The number of halogens is 1. The number of amides is 1. The van der Waals surface area contributed by atoms with E-state index in [9.17, 15) is 9.18 Å². The lowest BCUT2D eigenvalue weighted by atomic mass is 10.1. The maximum atomic E-state index is 13.3. The molecule has 5 rings (SSSR count). The largest absolute Gasteiger partial charge is 0.347 e. The van der Waals surface area contributed by atoms with Gasteiger partial charge in [0, 0.05) is 53.7 Å². The molecule has 5 aromatic rings. The van der Waals surface area contributed by atoms with Gasteiger partial charge in [0.25, 0.3) is 5.91 Å². The van der Waals surface area contributed by atoms with Crippen LogP contribution in [0.15, 0.2) is 61.1 Å². The van der Waals surface area contributed by atoms with Gasteiger partial charge in [0.2, 0.25) is 11.8 Å². The second kappa shape index (κ2) is 10.8. The number of anilines is 2. The number of rotatable bonds is 7. The van der Waals surface area contributed by atoms with E-state index in [1.165, 1.54) is 12.3 Å². The Morgan fingerprint density at radius 3 is 2.56 bits per heavy atom. The molecule has 192 valence electrons. The van der Waals surface area contributed by atoms with E-state index >= 15 is 0 Å². The fourth-order valence-corrected chi connectivity index (χ4v) is 3.76. The van der Waals surface area contributed by atoms with E-state index in [0.717, 1.165) is 11.1 Å². The fourth-order valence-electron chi connectivity index (χ4n) is 3.76. The first-order valence-corrected chi connectivity index (χ1v) is 11.8. The second-order valence-electron chi connectivity index (χ2n) is 8.52. The first-order valence-electron chi connectivity index (χ1n) is 11.8. The van der Waals surface area contributed by atoms with Gasteiger partial charge < -0.3 is 15.6 Å². The van der Waals surface area contributed by atoms with Crippen molar-refractivity contribution >= 4 is 17.5 Å². The minimum absolute atomic E-state index is 0.187. The van der Waals surface area contributed by atoms with Gasteiger partial charge in [-0.3, -0.25) is 14.8 Å². The van der Waals surface area contributed by atoms with Gasteiger partial charge in [0.05, 0.1) is 5.69 Å². The van der Waals surface area contributed by atoms with Gasteiger partial charge in [-0.25, -0.2) is 19.9 Å². The second-order valence-corrected chi connectivity index (χ2v) is 8.52. The Kier molecular flexibility index (Phi) is 6.96. The number of aromatic amines is 1. The third-order valence-corrected chi connectivity index (χ3v) is 5.65. The van der Waals surface area contributed by atoms with Gasteiger partial charge >= 0.3 is 0 Å². The summed E-state index contributed by atoms with van der Waals surface area (Å²) in [4.78, 5) is 41.0. The molecule has 5 heterocycles. The molecular formula is C27H21FN10O. The molecule has 0 aromatic carbocycles. The molecule has 0 aliphatic carbocycles. The summed E-state index contributed by atoms with van der Waals surface area (Å²) in [5.41, 5.74) is 4.33. The lowest BCUT2D eigenvalue weighted by molar-refractivity contribution is 0.0946. The van der Waals surface area contributed by atoms with Crippen LogP contribution >= 0.6 is 0 Å². The number of aromatic nitrogens is 7. The van der Waals surface area contributed by atoms with Crippen LogP contribution in [0.3, 0.4) is 0 Å². The molecule has 39 heavy (non-hydrogen) atoms. The highest BCUT2D eigenvalue weighted by Crippen LogP contribution is 2.21. The predicted molar refractivity (Wildman–Crippen MR) is 140 cm³/mol. The molecule has 0 radical (unpaired) electrons. The van der Waals surface area contributed by atoms with Crippen LogP contribution in [-0.2, 0) is 6.54 Å². The lowest BCUT2D eigenvalue weighted by Gasteiger charge is -2.08. The average molecular weight is 521 g/mol. The Hall–Kier alpha value is -5.57. The lowest BCUT2D eigenvalue weighted by Crippen LogP contribution is -2.23. The van der Waals surface area contributed by atoms with Crippen LogP contribution in [-0.4, -0.2) is 40.8 Å². The van der Waals surface area contributed by atoms with Crippen molar-refractivity contribution in [2.24, 2.45) is 0 Å². The number of nitrogens with zero attached hydrogens (tertiary/aromatic N) is 7. The van der Waals surface area contributed by atoms with Crippen LogP contribution in [0.25, 0.3) is 22.6 Å². The molecule has 12 heteroatoms. The number of hydrogen-bond acceptors (Lipinski definition) is 9. The zero-order valence-corrected chi connectivity index (χ0v) is 20.9. The van der Waals surface area contributed by atoms with Gasteiger partial charge in [-0.15, -0.1) is 0 Å². The van der Waals surface area contributed by atoms with Crippen molar-refractivity contribution in [1.82, 2.24) is 40.2 Å². The van der Waals surface area contributed by atoms with Crippen molar-refractivity contribution < 1.29 is 9.18 Å². The van der Waals surface area contributed by atoms with E-state index in [4.69, 9.17) is 5.26 Å². The van der Waals surface area contributed by atoms with Crippen molar-refractivity contribution in [3.63, 3.8) is 0 Å². The maximum Gasteiger partial charge on any atom is 0.270 e. The van der Waals surface area contributed by atoms with E-state index in [1.54, 1.807) is 49.6 Å². The predicted octanol–water partition coefficient (Wildman–Crippen LogP) is 4.02. The van der Waals surface area contributed by atoms with Crippen molar-refractivity contribution in [3.8, 4) is 28.7 Å². The number of pyridine rings is 3. The summed E-state index contributed by atoms with van der Waals surface area (Å²) in [5.74, 6) is 0.683. The molecule has 0 spiro atoms. The van der Waals surface area contributed by atoms with E-state index in [-0.39, 0.29) is 24.0 Å². The van der Waals surface area contributed by atoms with E-state index in [2.05, 4.69) is 45.5 Å². The highest BCUT2D eigenvalue weighted by molar-refractivity contribution is 5.92. The molecule has 0 fully saturated rings. The standard InChI is InChI=1S/C27H21FN10O/c1-15-9-23(36-25-14-32-24(10-29)37-25)38-26(34-15)18-4-7-21(31-13-18)27(39)33-12-17-3-6-20(30-11-17)19-5-8-22(28)35-16(19)2/h3-9,11,13-14H,12H2,1-2H3,(H,32,37)(H,33,39)(H,34,36,38). The van der Waals surface area contributed by atoms with Crippen LogP contribution in [0.5, 0.6) is 0 Å². The summed E-state index contributed by atoms with van der Waals surface area (Å²) in [6.07, 6.45) is 4.75. The first-order chi connectivity index (χ1) is 18.9. The van der Waals surface area contributed by atoms with Crippen LogP contribution in [0, 0.1) is 31.1 Å². The number of H-pyrrole nitrogens is 1. The van der Waals surface area contributed by atoms with Crippen molar-refractivity contribution in [2.45, 2.75) is 20.4 Å². The Balaban J connectivity index is 1.22. The molecule has 0 saturated heterocycles. The quantitative estimate of drug-likeness (QED) is 0.269. The molecule has 1 amide bonds. The topological polar surface area (TPSA) is 158 Å². The maximum absolute atomic E-state index is 13.3. The van der Waals surface area contributed by atoms with Gasteiger partial charge in [-0.1, -0.05) is 6.07 Å². The number of nitriles is 1. The number of carbonyl (C=O) groups is 1. The highest BCUT2D eigenvalue weighted by atomic mass is 19.1. The summed E-state index contributed by atoms with van der Waals surface area (Å²) in [6, 6.07) is 13.6. The van der Waals surface area contributed by atoms with Crippen LogP contribution in [0.1, 0.15) is 33.3 Å². The molecule has 0 saturated carbocycles. The smallest absolute Gasteiger partial charge is 0.270 e. The van der Waals surface area contributed by atoms with Crippen molar-refractivity contribution in [3.05, 3.63) is 95.5 Å². The Labute approximate surface area is 222 Å². The number of imidazole rings is 1. The zero-order chi connectivity index (χ0) is 27.4. The number of nitrogens with one attached hydrogen (secondary N) is 3. The minimum Gasteiger partial charge on any atom is -0.347 e. The van der Waals surface area contributed by atoms with Gasteiger partial charge in [0.1, 0.15) is 17.6 Å². The summed E-state index contributed by atoms with van der Waals surface area (Å²) in [5, 5.41) is 14.8. The molecule has 3 N–H and O–H groups in total. The molecule has 5 aromatic heterocycles. The van der Waals surface area contributed by atoms with E-state index < -0.39 is 5.95 Å². The number of hydrogen-bond donors (Lipinski definition) is 3. The van der Waals surface area contributed by atoms with Gasteiger partial charge in [-0.05, 0) is 49.7 Å². The summed E-state index contributed by atoms with van der Waals surface area (Å²) < 4.78 is 13.3. The third kappa shape index (κ3) is 5.89. The van der Waals surface area contributed by atoms with Crippen LogP contribution in [0.2, 0.25) is 0 Å². The first kappa shape index (κ1) is 25.1. The number of carbonyl (C=O) groups excluding carboxylic acids is 1. The average Bonchev–Trinajstić information content (AvgIpc) is 3.39. The van der Waals surface area contributed by atoms with Crippen molar-refractivity contribution in [2.75, 3.05) is 5.32 Å². The minimum atomic E-state index is -0.536. The summed E-state index contributed by atoms with van der Waals surface area (Å²) >= 11 is 0. The zero-order valence-electron chi connectivity index (χ0n) is 20.9. The Bertz CT molecular complexity index is 1690. The SMILES string of the molecule is Cc1cc(Nc2c[nH]c(C#N)n2)nc(-c2ccc(C(=O)NCc3ccc(-c4ccc(F)nc4C)nc3)nc2)n1. The molecule has 0 aliphatic rings. The molecule has 0 unspecified atom stereocenters. The molecule has 0 atom stereocenters. The normalized spacial score (nSPS) is 10.6. The Morgan fingerprint density at radius 1 is 1.00 bits per heavy atom. The third-order valence-electron chi connectivity index (χ3n) is 5.65. The molecular weight excluding hydrogens is 499 g/mol. The summed E-state index contributed by atoms with van der Waals surface area (Å²) in [6.45, 7) is 3.81. The highest BCUT2D eigenvalue weighted by Gasteiger charge is 2.12. The molecule has 11 nitrogen and oxygen atoms in total. The monoisotopic (exact) mass is 520 g/mol. The van der Waals surface area contributed by atoms with Crippen molar-refractivity contribution in [1.29, 1.82) is 5.26 Å². The van der Waals surface area contributed by atoms with Crippen LogP contribution < -0.4 is 10.6 Å². The number of aryl methyl sites for hydroxylation is 2. The van der Waals surface area contributed by atoms with E-state index in [0.29, 0.717) is 40.1 Å². The summed E-state index contributed by atoms with van der Waals surface area (Å²) in [7, 11) is 0. The van der Waals surface area contributed by atoms with Gasteiger partial charge in [-0.2, -0.15) is 9.65 Å². The van der Waals surface area contributed by atoms with Crippen LogP contribution in [0.4, 0.5) is 16.0 Å². The molecule has 0 bridgehead atoms. The van der Waals surface area contributed by atoms with E-state index in [1.807, 2.05) is 19.1 Å².